The third-order valence-corrected chi connectivity index (χ3v) is 10.2. The van der Waals surface area contributed by atoms with E-state index in [9.17, 15) is 14.0 Å². The van der Waals surface area contributed by atoms with E-state index in [1.54, 1.807) is 25.3 Å². The third-order valence-electron chi connectivity index (χ3n) is 10.2. The largest absolute Gasteiger partial charge is 0.340 e. The zero-order chi connectivity index (χ0) is 39.0. The first-order valence-corrected chi connectivity index (χ1v) is 18.2. The van der Waals surface area contributed by atoms with Crippen molar-refractivity contribution in [2.75, 3.05) is 0 Å². The van der Waals surface area contributed by atoms with Gasteiger partial charge in [-0.2, -0.15) is 5.10 Å². The lowest BCUT2D eigenvalue weighted by atomic mass is 9.77. The summed E-state index contributed by atoms with van der Waals surface area (Å²) in [5, 5.41) is 7.59. The fourth-order valence-electron chi connectivity index (χ4n) is 7.36. The average Bonchev–Trinajstić information content (AvgIpc) is 3.87. The molecule has 5 aromatic carbocycles. The lowest BCUT2D eigenvalue weighted by Crippen LogP contribution is -2.50. The molecule has 8 aromatic rings. The summed E-state index contributed by atoms with van der Waals surface area (Å²) < 4.78 is 34.2. The van der Waals surface area contributed by atoms with E-state index in [1.165, 1.54) is 38.1 Å². The number of rotatable bonds is 10. The molecule has 57 heavy (non-hydrogen) atoms. The van der Waals surface area contributed by atoms with Crippen LogP contribution in [0, 0.1) is 18.6 Å². The van der Waals surface area contributed by atoms with Gasteiger partial charge in [0.25, 0.3) is 5.91 Å². The molecule has 284 valence electrons. The van der Waals surface area contributed by atoms with E-state index in [0.717, 1.165) is 27.8 Å². The van der Waals surface area contributed by atoms with E-state index < -0.39 is 34.4 Å². The van der Waals surface area contributed by atoms with Crippen LogP contribution in [0.3, 0.4) is 0 Å². The van der Waals surface area contributed by atoms with Crippen LogP contribution >= 0.6 is 12.4 Å². The Morgan fingerprint density at radius 3 is 1.77 bits per heavy atom. The molecule has 1 N–H and O–H groups in total. The fourth-order valence-corrected chi connectivity index (χ4v) is 7.36. The summed E-state index contributed by atoms with van der Waals surface area (Å²) in [6.45, 7) is 4.64. The third kappa shape index (κ3) is 7.02. The van der Waals surface area contributed by atoms with Crippen LogP contribution in [0.25, 0.3) is 28.0 Å². The van der Waals surface area contributed by atoms with Crippen molar-refractivity contribution in [2.24, 2.45) is 0 Å². The molecule has 0 radical (unpaired) electrons. The highest BCUT2D eigenvalue weighted by atomic mass is 35.5. The van der Waals surface area contributed by atoms with Gasteiger partial charge in [-0.3, -0.25) is 18.7 Å². The highest BCUT2D eigenvalue weighted by Crippen LogP contribution is 2.41. The van der Waals surface area contributed by atoms with Gasteiger partial charge in [-0.25, -0.2) is 13.8 Å². The van der Waals surface area contributed by atoms with Crippen molar-refractivity contribution in [3.05, 3.63) is 209 Å². The van der Waals surface area contributed by atoms with Crippen LogP contribution in [-0.4, -0.2) is 36.4 Å². The monoisotopic (exact) mass is 777 g/mol. The number of benzene rings is 5. The van der Waals surface area contributed by atoms with Gasteiger partial charge >= 0.3 is 0 Å². The Morgan fingerprint density at radius 2 is 1.19 bits per heavy atom. The number of carbonyl (C=O) groups excluding carboxylic acids is 2. The van der Waals surface area contributed by atoms with Crippen molar-refractivity contribution in [3.8, 4) is 22.4 Å². The maximum absolute atomic E-state index is 15.7. The lowest BCUT2D eigenvalue weighted by Gasteiger charge is -2.36. The van der Waals surface area contributed by atoms with Gasteiger partial charge < -0.3 is 5.32 Å². The summed E-state index contributed by atoms with van der Waals surface area (Å²) in [4.78, 5) is 31.0. The fraction of sp³-hybridized carbons (Fsp3) is 0.106. The van der Waals surface area contributed by atoms with Gasteiger partial charge in [0.15, 0.2) is 5.78 Å². The normalized spacial score (nSPS) is 11.6. The van der Waals surface area contributed by atoms with Crippen LogP contribution in [0.4, 0.5) is 8.78 Å². The van der Waals surface area contributed by atoms with Crippen molar-refractivity contribution >= 4 is 29.7 Å². The molecule has 7 nitrogen and oxygen atoms in total. The molecule has 3 aromatic heterocycles. The molecule has 0 atom stereocenters. The highest BCUT2D eigenvalue weighted by molar-refractivity contribution is 6.07. The van der Waals surface area contributed by atoms with Crippen LogP contribution in [0.1, 0.15) is 56.8 Å². The highest BCUT2D eigenvalue weighted by Gasteiger charge is 2.39. The van der Waals surface area contributed by atoms with Crippen LogP contribution in [0.2, 0.25) is 0 Å². The summed E-state index contributed by atoms with van der Waals surface area (Å²) in [7, 11) is 0. The number of nitrogens with one attached hydrogen (secondary N) is 1. The van der Waals surface area contributed by atoms with Crippen molar-refractivity contribution in [1.82, 2.24) is 24.5 Å². The standard InChI is InChI=1S/C47H37F2N5O2.ClH/c1-31-19-22-38(40(48)25-31)44(55)46(2,3)52-45(56)39-23-20-32(26-41(39)49)42-28-50-43-24-21-33(29-53(42)43)34-27-51-54(30-34)47(35-13-7-4-8-14-35,36-15-9-5-10-16-36)37-17-11-6-12-18-37;/h4-30H,1-3H3,(H,52,56);1H. The number of Topliss-reactive ketones (excluding diaryl/α,β-unsaturated/α-hetero) is 1. The summed E-state index contributed by atoms with van der Waals surface area (Å²) >= 11 is 0. The molecule has 1 amide bonds. The summed E-state index contributed by atoms with van der Waals surface area (Å²) in [5.41, 5.74) is 4.59. The molecule has 0 aliphatic rings. The Kier molecular flexibility index (Phi) is 10.4. The summed E-state index contributed by atoms with van der Waals surface area (Å²) in [6.07, 6.45) is 7.47. The molecule has 8 rings (SSSR count). The number of aryl methyl sites for hydroxylation is 1. The molecule has 0 spiro atoms. The van der Waals surface area contributed by atoms with Gasteiger partial charge in [0.2, 0.25) is 0 Å². The molecule has 0 bridgehead atoms. The van der Waals surface area contributed by atoms with Gasteiger partial charge in [0.1, 0.15) is 22.8 Å². The number of hydrogen-bond acceptors (Lipinski definition) is 4. The molecule has 0 saturated heterocycles. The van der Waals surface area contributed by atoms with Gasteiger partial charge in [-0.05, 0) is 79.4 Å². The Hall–Kier alpha value is -6.71. The molecule has 10 heteroatoms. The maximum Gasteiger partial charge on any atom is 0.255 e. The molecule has 0 aliphatic carbocycles. The number of ketones is 1. The SMILES string of the molecule is Cc1ccc(C(=O)C(C)(C)NC(=O)c2ccc(-c3cnc4ccc(-c5cnn(C(c6ccccc6)(c6ccccc6)c6ccccc6)c5)cn34)cc2F)c(F)c1.Cl. The van der Waals surface area contributed by atoms with E-state index in [0.29, 0.717) is 22.5 Å². The first kappa shape index (κ1) is 38.6. The number of pyridine rings is 1. The van der Waals surface area contributed by atoms with Crippen molar-refractivity contribution in [3.63, 3.8) is 0 Å². The minimum absolute atomic E-state index is 0. The van der Waals surface area contributed by atoms with Gasteiger partial charge in [0.05, 0.1) is 34.8 Å². The minimum atomic E-state index is -1.51. The molecular weight excluding hydrogens is 740 g/mol. The van der Waals surface area contributed by atoms with Crippen LogP contribution in [0.5, 0.6) is 0 Å². The average molecular weight is 778 g/mol. The zero-order valence-electron chi connectivity index (χ0n) is 31.4. The molecular formula is C47H38ClF2N5O2. The Balaban J connectivity index is 0.00000496. The molecule has 0 unspecified atom stereocenters. The molecule has 0 fully saturated rings. The minimum Gasteiger partial charge on any atom is -0.340 e. The van der Waals surface area contributed by atoms with Gasteiger partial charge in [0, 0.05) is 29.1 Å². The van der Waals surface area contributed by atoms with Crippen molar-refractivity contribution < 1.29 is 18.4 Å². The predicted molar refractivity (Wildman–Crippen MR) is 221 cm³/mol. The van der Waals surface area contributed by atoms with Crippen LogP contribution in [-0.2, 0) is 5.54 Å². The van der Waals surface area contributed by atoms with Gasteiger partial charge in [-0.1, -0.05) is 103 Å². The number of hydrogen-bond donors (Lipinski definition) is 1. The Bertz CT molecular complexity index is 2630. The molecule has 3 heterocycles. The number of fused-ring (bicyclic) bond motifs is 1. The summed E-state index contributed by atoms with van der Waals surface area (Å²) in [5.74, 6) is -2.89. The number of carbonyl (C=O) groups is 2. The van der Waals surface area contributed by atoms with Crippen LogP contribution < -0.4 is 5.32 Å². The number of halogens is 3. The number of aromatic nitrogens is 4. The van der Waals surface area contributed by atoms with Crippen molar-refractivity contribution in [1.29, 1.82) is 0 Å². The molecule has 0 aliphatic heterocycles. The predicted octanol–water partition coefficient (Wildman–Crippen LogP) is 10.1. The van der Waals surface area contributed by atoms with Gasteiger partial charge in [-0.15, -0.1) is 12.4 Å². The van der Waals surface area contributed by atoms with E-state index in [-0.39, 0.29) is 23.5 Å². The van der Waals surface area contributed by atoms with E-state index in [4.69, 9.17) is 5.10 Å². The Morgan fingerprint density at radius 1 is 0.632 bits per heavy atom. The topological polar surface area (TPSA) is 81.3 Å². The quantitative estimate of drug-likeness (QED) is 0.111. The second-order valence-corrected chi connectivity index (χ2v) is 14.4. The van der Waals surface area contributed by atoms with E-state index in [1.807, 2.05) is 94.4 Å². The first-order chi connectivity index (χ1) is 27.1. The summed E-state index contributed by atoms with van der Waals surface area (Å²) in [6, 6.07) is 43.3. The molecule has 0 saturated carbocycles. The smallest absolute Gasteiger partial charge is 0.255 e. The second kappa shape index (κ2) is 15.4. The van der Waals surface area contributed by atoms with Crippen LogP contribution in [0.15, 0.2) is 164 Å². The lowest BCUT2D eigenvalue weighted by molar-refractivity contribution is 0.0793. The zero-order valence-corrected chi connectivity index (χ0v) is 32.2. The number of amides is 1. The number of nitrogens with zero attached hydrogens (tertiary/aromatic N) is 4. The second-order valence-electron chi connectivity index (χ2n) is 14.4. The van der Waals surface area contributed by atoms with Crippen molar-refractivity contribution in [2.45, 2.75) is 31.8 Å². The van der Waals surface area contributed by atoms with E-state index >= 15 is 4.39 Å². The number of imidazole rings is 1. The first-order valence-electron chi connectivity index (χ1n) is 18.2. The Labute approximate surface area is 335 Å². The maximum atomic E-state index is 15.7. The van der Waals surface area contributed by atoms with E-state index in [2.05, 4.69) is 46.7 Å².